The van der Waals surface area contributed by atoms with Gasteiger partial charge in [-0.2, -0.15) is 0 Å². The van der Waals surface area contributed by atoms with Crippen LogP contribution in [0.3, 0.4) is 0 Å². The number of hydrogen-bond acceptors (Lipinski definition) is 3. The van der Waals surface area contributed by atoms with E-state index in [-0.39, 0.29) is 13.2 Å². The summed E-state index contributed by atoms with van der Waals surface area (Å²) in [6, 6.07) is 0. The third kappa shape index (κ3) is 25.8. The van der Waals surface area contributed by atoms with Gasteiger partial charge in [0.25, 0.3) is 0 Å². The van der Waals surface area contributed by atoms with Gasteiger partial charge in [0, 0.05) is 13.2 Å². The maximum absolute atomic E-state index is 8.24. The Balaban J connectivity index is 0. The fourth-order valence-electron chi connectivity index (χ4n) is 0.413. The van der Waals surface area contributed by atoms with Gasteiger partial charge in [-0.3, -0.25) is 0 Å². The van der Waals surface area contributed by atoms with Crippen molar-refractivity contribution in [1.82, 2.24) is 0 Å². The number of ether oxygens (including phenoxy) is 1. The summed E-state index contributed by atoms with van der Waals surface area (Å²) in [6.07, 6.45) is 2.26. The molecule has 0 unspecified atom stereocenters. The fraction of sp³-hybridized carbons (Fsp3) is 1.00. The third-order valence-corrected chi connectivity index (χ3v) is 0.878. The summed E-state index contributed by atoms with van der Waals surface area (Å²) in [7, 11) is 0. The van der Waals surface area contributed by atoms with Crippen molar-refractivity contribution < 1.29 is 14.9 Å². The van der Waals surface area contributed by atoms with Gasteiger partial charge in [-0.05, 0) is 13.3 Å². The van der Waals surface area contributed by atoms with E-state index in [1.54, 1.807) is 6.92 Å². The highest BCUT2D eigenvalue weighted by Gasteiger charge is 1.82. The molecule has 2 N–H and O–H groups in total. The van der Waals surface area contributed by atoms with Gasteiger partial charge in [0.1, 0.15) is 0 Å². The van der Waals surface area contributed by atoms with Crippen LogP contribution in [0.15, 0.2) is 0 Å². The topological polar surface area (TPSA) is 49.7 Å². The quantitative estimate of drug-likeness (QED) is 0.591. The maximum Gasteiger partial charge on any atom is 0.0697 e. The summed E-state index contributed by atoms with van der Waals surface area (Å²) < 4.78 is 4.97. The van der Waals surface area contributed by atoms with Crippen molar-refractivity contribution in [3.63, 3.8) is 0 Å². The largest absolute Gasteiger partial charge is 0.397 e. The van der Waals surface area contributed by atoms with Crippen LogP contribution < -0.4 is 0 Å². The average Bonchev–Trinajstić information content (AvgIpc) is 2.00. The van der Waals surface area contributed by atoms with Crippen LogP contribution in [0.5, 0.6) is 0 Å². The predicted molar refractivity (Wildman–Crippen MR) is 45.6 cm³/mol. The van der Waals surface area contributed by atoms with Crippen LogP contribution >= 0.6 is 0 Å². The van der Waals surface area contributed by atoms with Crippen molar-refractivity contribution in [2.24, 2.45) is 0 Å². The molecule has 0 aromatic carbocycles. The molecule has 0 aromatic heterocycles. The summed E-state index contributed by atoms with van der Waals surface area (Å²) in [5.41, 5.74) is 0. The molecule has 0 rings (SSSR count). The van der Waals surface area contributed by atoms with Gasteiger partial charge >= 0.3 is 0 Å². The van der Waals surface area contributed by atoms with Crippen molar-refractivity contribution in [1.29, 1.82) is 0 Å². The summed E-state index contributed by atoms with van der Waals surface area (Å²) >= 11 is 0. The van der Waals surface area contributed by atoms with Gasteiger partial charge in [0.15, 0.2) is 0 Å². The Morgan fingerprint density at radius 3 is 2.00 bits per heavy atom. The van der Waals surface area contributed by atoms with E-state index in [9.17, 15) is 0 Å². The summed E-state index contributed by atoms with van der Waals surface area (Å²) in [4.78, 5) is 0. The van der Waals surface area contributed by atoms with Crippen LogP contribution in [-0.2, 0) is 4.74 Å². The van der Waals surface area contributed by atoms with Gasteiger partial charge in [-0.25, -0.2) is 0 Å². The minimum atomic E-state index is 0.143. The number of unbranched alkanes of at least 4 members (excludes halogenated alkanes) is 1. The standard InChI is InChI=1S/C6H14O2.C2H6O/c1-2-3-5-8-6-4-7;1-2-3/h7H,2-6H2,1H3;3H,2H2,1H3. The number of aliphatic hydroxyl groups excluding tert-OH is 2. The molecule has 0 saturated heterocycles. The van der Waals surface area contributed by atoms with Crippen LogP contribution in [-0.4, -0.2) is 36.6 Å². The molecule has 0 fully saturated rings. The van der Waals surface area contributed by atoms with E-state index < -0.39 is 0 Å². The minimum Gasteiger partial charge on any atom is -0.397 e. The Kier molecular flexibility index (Phi) is 20.2. The maximum atomic E-state index is 8.24. The minimum absolute atomic E-state index is 0.143. The van der Waals surface area contributed by atoms with E-state index in [0.717, 1.165) is 19.4 Å². The number of aliphatic hydroxyl groups is 2. The molecular formula is C8H20O3. The fourth-order valence-corrected chi connectivity index (χ4v) is 0.413. The lowest BCUT2D eigenvalue weighted by molar-refractivity contribution is 0.0904. The molecule has 0 aromatic rings. The highest BCUT2D eigenvalue weighted by Crippen LogP contribution is 1.85. The van der Waals surface area contributed by atoms with Crippen LogP contribution in [0.2, 0.25) is 0 Å². The summed E-state index contributed by atoms with van der Waals surface area (Å²) in [5, 5.41) is 15.8. The second-order valence-corrected chi connectivity index (χ2v) is 2.01. The lowest BCUT2D eigenvalue weighted by Gasteiger charge is -1.97. The first-order valence-electron chi connectivity index (χ1n) is 4.12. The Hall–Kier alpha value is -0.120. The zero-order valence-corrected chi connectivity index (χ0v) is 7.55. The lowest BCUT2D eigenvalue weighted by atomic mass is 10.4. The molecule has 11 heavy (non-hydrogen) atoms. The molecule has 0 bridgehead atoms. The SMILES string of the molecule is CCCCOCCO.CCO. The molecule has 3 nitrogen and oxygen atoms in total. The van der Waals surface area contributed by atoms with Crippen molar-refractivity contribution in [2.45, 2.75) is 26.7 Å². The molecule has 0 spiro atoms. The Morgan fingerprint density at radius 1 is 1.09 bits per heavy atom. The summed E-state index contributed by atoms with van der Waals surface area (Å²) in [5.74, 6) is 0. The van der Waals surface area contributed by atoms with Crippen molar-refractivity contribution in [2.75, 3.05) is 26.4 Å². The zero-order valence-electron chi connectivity index (χ0n) is 7.55. The lowest BCUT2D eigenvalue weighted by Crippen LogP contribution is -1.99. The molecule has 70 valence electrons. The monoisotopic (exact) mass is 164 g/mol. The highest BCUT2D eigenvalue weighted by atomic mass is 16.5. The van der Waals surface area contributed by atoms with E-state index in [4.69, 9.17) is 14.9 Å². The summed E-state index contributed by atoms with van der Waals surface area (Å²) in [6.45, 7) is 5.46. The Labute approximate surface area is 69.0 Å². The van der Waals surface area contributed by atoms with Gasteiger partial charge < -0.3 is 14.9 Å². The van der Waals surface area contributed by atoms with E-state index in [2.05, 4.69) is 6.92 Å². The average molecular weight is 164 g/mol. The third-order valence-electron chi connectivity index (χ3n) is 0.878. The van der Waals surface area contributed by atoms with Crippen LogP contribution in [0, 0.1) is 0 Å². The number of rotatable bonds is 5. The molecule has 0 amide bonds. The second-order valence-electron chi connectivity index (χ2n) is 2.01. The van der Waals surface area contributed by atoms with Crippen molar-refractivity contribution >= 4 is 0 Å². The molecule has 0 aliphatic carbocycles. The zero-order chi connectivity index (χ0) is 8.95. The first-order valence-corrected chi connectivity index (χ1v) is 4.12. The molecule has 0 atom stereocenters. The van der Waals surface area contributed by atoms with E-state index >= 15 is 0 Å². The van der Waals surface area contributed by atoms with E-state index in [1.165, 1.54) is 0 Å². The van der Waals surface area contributed by atoms with Crippen LogP contribution in [0.1, 0.15) is 26.7 Å². The molecule has 3 heteroatoms. The van der Waals surface area contributed by atoms with Crippen LogP contribution in [0.4, 0.5) is 0 Å². The Bertz CT molecular complexity index is 42.6. The van der Waals surface area contributed by atoms with E-state index in [0.29, 0.717) is 6.61 Å². The smallest absolute Gasteiger partial charge is 0.0697 e. The molecule has 0 saturated carbocycles. The van der Waals surface area contributed by atoms with Gasteiger partial charge in [0.2, 0.25) is 0 Å². The molecular weight excluding hydrogens is 144 g/mol. The molecule has 0 heterocycles. The van der Waals surface area contributed by atoms with Crippen LogP contribution in [0.25, 0.3) is 0 Å². The first-order chi connectivity index (χ1) is 5.33. The predicted octanol–water partition coefficient (Wildman–Crippen LogP) is 0.794. The van der Waals surface area contributed by atoms with Gasteiger partial charge in [0.05, 0.1) is 13.2 Å². The van der Waals surface area contributed by atoms with Gasteiger partial charge in [-0.15, -0.1) is 0 Å². The molecule has 0 aliphatic rings. The molecule has 0 radical (unpaired) electrons. The highest BCUT2D eigenvalue weighted by molar-refractivity contribution is 4.30. The Morgan fingerprint density at radius 2 is 1.64 bits per heavy atom. The first kappa shape index (κ1) is 13.5. The second kappa shape index (κ2) is 16.5. The normalized spacial score (nSPS) is 8.73. The van der Waals surface area contributed by atoms with Crippen molar-refractivity contribution in [3.8, 4) is 0 Å². The molecule has 0 aliphatic heterocycles. The van der Waals surface area contributed by atoms with Gasteiger partial charge in [-0.1, -0.05) is 13.3 Å². The van der Waals surface area contributed by atoms with E-state index in [1.807, 2.05) is 0 Å². The number of hydrogen-bond donors (Lipinski definition) is 2. The van der Waals surface area contributed by atoms with Crippen molar-refractivity contribution in [3.05, 3.63) is 0 Å².